The number of halogens is 1. The molecule has 0 bridgehead atoms. The Morgan fingerprint density at radius 3 is 2.23 bits per heavy atom. The summed E-state index contributed by atoms with van der Waals surface area (Å²) in [4.78, 5) is 29.2. The summed E-state index contributed by atoms with van der Waals surface area (Å²) in [6, 6.07) is 22.3. The number of nitrogens with zero attached hydrogens (tertiary/aromatic N) is 1. The highest BCUT2D eigenvalue weighted by Crippen LogP contribution is 2.29. The van der Waals surface area contributed by atoms with Crippen LogP contribution in [-0.2, 0) is 29.0 Å². The Hall–Kier alpha value is -3.51. The third kappa shape index (κ3) is 9.60. The molecule has 2 amide bonds. The number of hydrogen-bond donors (Lipinski definition) is 1. The van der Waals surface area contributed by atoms with Gasteiger partial charge in [-0.2, -0.15) is 0 Å². The fourth-order valence-corrected chi connectivity index (χ4v) is 4.67. The standard InChI is InChI=1S/C33H41ClN2O4/c1-5-39-30-17-15-26(21-31(30)40-6-2)16-18-32(37)36(23-27-13-10-14-28(34)19-27)29(33(38)35-22-24(3)4)20-25-11-8-7-9-12-25/h7-15,17,19,21,24,29H,5-6,16,18,20,22-23H2,1-4H3,(H,35,38)/t29-/m0/s1. The van der Waals surface area contributed by atoms with Crippen LogP contribution < -0.4 is 14.8 Å². The molecule has 0 aromatic heterocycles. The SMILES string of the molecule is CCOc1ccc(CCC(=O)N(Cc2cccc(Cl)c2)[C@@H](Cc2ccccc2)C(=O)NCC(C)C)cc1OCC. The van der Waals surface area contributed by atoms with E-state index in [0.717, 1.165) is 16.7 Å². The van der Waals surface area contributed by atoms with Gasteiger partial charge in [0.15, 0.2) is 11.5 Å². The summed E-state index contributed by atoms with van der Waals surface area (Å²) in [5, 5.41) is 3.65. The largest absolute Gasteiger partial charge is 0.490 e. The summed E-state index contributed by atoms with van der Waals surface area (Å²) in [5.41, 5.74) is 2.83. The number of benzene rings is 3. The van der Waals surface area contributed by atoms with Gasteiger partial charge in [-0.15, -0.1) is 0 Å². The predicted octanol–water partition coefficient (Wildman–Crippen LogP) is 6.48. The molecule has 1 N–H and O–H groups in total. The number of hydrogen-bond acceptors (Lipinski definition) is 4. The minimum Gasteiger partial charge on any atom is -0.490 e. The van der Waals surface area contributed by atoms with Crippen LogP contribution in [0.15, 0.2) is 72.8 Å². The highest BCUT2D eigenvalue weighted by Gasteiger charge is 2.30. The summed E-state index contributed by atoms with van der Waals surface area (Å²) >= 11 is 6.28. The summed E-state index contributed by atoms with van der Waals surface area (Å²) in [6.45, 7) is 9.83. The van der Waals surface area contributed by atoms with Gasteiger partial charge in [0.05, 0.1) is 13.2 Å². The van der Waals surface area contributed by atoms with Crippen molar-refractivity contribution in [2.75, 3.05) is 19.8 Å². The highest BCUT2D eigenvalue weighted by molar-refractivity contribution is 6.30. The molecule has 0 aliphatic rings. The average molecular weight is 565 g/mol. The van der Waals surface area contributed by atoms with Crippen LogP contribution in [0.3, 0.4) is 0 Å². The van der Waals surface area contributed by atoms with E-state index in [0.29, 0.717) is 49.1 Å². The van der Waals surface area contributed by atoms with Crippen molar-refractivity contribution in [3.05, 3.63) is 94.5 Å². The molecule has 3 aromatic carbocycles. The number of carbonyl (C=O) groups excluding carboxylic acids is 2. The normalized spacial score (nSPS) is 11.7. The Labute approximate surface area is 243 Å². The zero-order valence-corrected chi connectivity index (χ0v) is 24.7. The third-order valence-electron chi connectivity index (χ3n) is 6.43. The lowest BCUT2D eigenvalue weighted by molar-refractivity contribution is -0.141. The van der Waals surface area contributed by atoms with E-state index in [2.05, 4.69) is 19.2 Å². The van der Waals surface area contributed by atoms with Gasteiger partial charge in [-0.25, -0.2) is 0 Å². The second-order valence-corrected chi connectivity index (χ2v) is 10.6. The number of aryl methyl sites for hydroxylation is 1. The van der Waals surface area contributed by atoms with E-state index in [1.165, 1.54) is 0 Å². The van der Waals surface area contributed by atoms with E-state index in [9.17, 15) is 9.59 Å². The molecular weight excluding hydrogens is 524 g/mol. The topological polar surface area (TPSA) is 67.9 Å². The van der Waals surface area contributed by atoms with Gasteiger partial charge in [0.25, 0.3) is 0 Å². The molecule has 3 aromatic rings. The predicted molar refractivity (Wildman–Crippen MR) is 161 cm³/mol. The van der Waals surface area contributed by atoms with Crippen molar-refractivity contribution in [2.45, 2.75) is 59.5 Å². The first-order chi connectivity index (χ1) is 19.3. The number of ether oxygens (including phenoxy) is 2. The van der Waals surface area contributed by atoms with Gasteiger partial charge < -0.3 is 19.7 Å². The molecule has 0 aliphatic carbocycles. The van der Waals surface area contributed by atoms with Crippen LogP contribution in [0.25, 0.3) is 0 Å². The first-order valence-electron chi connectivity index (χ1n) is 14.0. The fourth-order valence-electron chi connectivity index (χ4n) is 4.45. The van der Waals surface area contributed by atoms with E-state index >= 15 is 0 Å². The average Bonchev–Trinajstić information content (AvgIpc) is 2.94. The molecule has 1 atom stereocenters. The Kier molecular flexibility index (Phi) is 12.4. The molecule has 0 fully saturated rings. The molecule has 0 radical (unpaired) electrons. The Morgan fingerprint density at radius 2 is 1.55 bits per heavy atom. The number of amides is 2. The van der Waals surface area contributed by atoms with Gasteiger partial charge in [0.2, 0.25) is 11.8 Å². The van der Waals surface area contributed by atoms with Gasteiger partial charge in [-0.05, 0) is 67.1 Å². The first kappa shape index (κ1) is 31.0. The van der Waals surface area contributed by atoms with Crippen LogP contribution >= 0.6 is 11.6 Å². The van der Waals surface area contributed by atoms with Gasteiger partial charge >= 0.3 is 0 Å². The van der Waals surface area contributed by atoms with Crippen molar-refractivity contribution in [1.29, 1.82) is 0 Å². The number of rotatable bonds is 15. The monoisotopic (exact) mass is 564 g/mol. The van der Waals surface area contributed by atoms with Crippen LogP contribution in [0.5, 0.6) is 11.5 Å². The van der Waals surface area contributed by atoms with Crippen LogP contribution in [0.1, 0.15) is 50.8 Å². The lowest BCUT2D eigenvalue weighted by atomic mass is 10.0. The Bertz CT molecular complexity index is 1230. The van der Waals surface area contributed by atoms with Crippen LogP contribution in [0.4, 0.5) is 0 Å². The molecule has 0 unspecified atom stereocenters. The molecule has 0 spiro atoms. The van der Waals surface area contributed by atoms with Gasteiger partial charge in [-0.1, -0.05) is 74.0 Å². The quantitative estimate of drug-likeness (QED) is 0.229. The Morgan fingerprint density at radius 1 is 0.850 bits per heavy atom. The van der Waals surface area contributed by atoms with E-state index in [1.807, 2.05) is 80.6 Å². The van der Waals surface area contributed by atoms with Gasteiger partial charge in [0.1, 0.15) is 6.04 Å². The Balaban J connectivity index is 1.89. The lowest BCUT2D eigenvalue weighted by Crippen LogP contribution is -2.51. The van der Waals surface area contributed by atoms with E-state index in [1.54, 1.807) is 11.0 Å². The van der Waals surface area contributed by atoms with E-state index < -0.39 is 6.04 Å². The molecule has 0 saturated heterocycles. The van der Waals surface area contributed by atoms with Crippen molar-refractivity contribution in [3.63, 3.8) is 0 Å². The van der Waals surface area contributed by atoms with Crippen LogP contribution in [0.2, 0.25) is 5.02 Å². The van der Waals surface area contributed by atoms with Crippen LogP contribution in [0, 0.1) is 5.92 Å². The molecule has 0 heterocycles. The number of carbonyl (C=O) groups is 2. The zero-order chi connectivity index (χ0) is 28.9. The van der Waals surface area contributed by atoms with Crippen molar-refractivity contribution < 1.29 is 19.1 Å². The van der Waals surface area contributed by atoms with Crippen molar-refractivity contribution in [3.8, 4) is 11.5 Å². The van der Waals surface area contributed by atoms with Crippen molar-refractivity contribution >= 4 is 23.4 Å². The maximum Gasteiger partial charge on any atom is 0.243 e. The maximum atomic E-state index is 13.9. The molecular formula is C33H41ClN2O4. The van der Waals surface area contributed by atoms with Crippen molar-refractivity contribution in [2.24, 2.45) is 5.92 Å². The second kappa shape index (κ2) is 15.9. The minimum atomic E-state index is -0.674. The van der Waals surface area contributed by atoms with Crippen molar-refractivity contribution in [1.82, 2.24) is 10.2 Å². The molecule has 3 rings (SSSR count). The smallest absolute Gasteiger partial charge is 0.243 e. The summed E-state index contributed by atoms with van der Waals surface area (Å²) in [5.74, 6) is 1.38. The maximum absolute atomic E-state index is 13.9. The second-order valence-electron chi connectivity index (χ2n) is 10.1. The fraction of sp³-hybridized carbons (Fsp3) is 0.394. The van der Waals surface area contributed by atoms with Gasteiger partial charge in [0, 0.05) is 31.0 Å². The van der Waals surface area contributed by atoms with E-state index in [4.69, 9.17) is 21.1 Å². The summed E-state index contributed by atoms with van der Waals surface area (Å²) < 4.78 is 11.5. The molecule has 214 valence electrons. The van der Waals surface area contributed by atoms with E-state index in [-0.39, 0.29) is 30.7 Å². The molecule has 0 aliphatic heterocycles. The molecule has 0 saturated carbocycles. The zero-order valence-electron chi connectivity index (χ0n) is 24.0. The molecule has 7 heteroatoms. The lowest BCUT2D eigenvalue weighted by Gasteiger charge is -2.32. The minimum absolute atomic E-state index is 0.104. The third-order valence-corrected chi connectivity index (χ3v) is 6.67. The molecule has 6 nitrogen and oxygen atoms in total. The highest BCUT2D eigenvalue weighted by atomic mass is 35.5. The summed E-state index contributed by atoms with van der Waals surface area (Å²) in [7, 11) is 0. The molecule has 40 heavy (non-hydrogen) atoms. The first-order valence-corrected chi connectivity index (χ1v) is 14.4. The van der Waals surface area contributed by atoms with Gasteiger partial charge in [-0.3, -0.25) is 9.59 Å². The summed E-state index contributed by atoms with van der Waals surface area (Å²) in [6.07, 6.45) is 1.15. The number of nitrogens with one attached hydrogen (secondary N) is 1. The van der Waals surface area contributed by atoms with Crippen LogP contribution in [-0.4, -0.2) is 42.5 Å².